The molecule has 0 saturated carbocycles. The Kier molecular flexibility index (Phi) is 5.30. The highest BCUT2D eigenvalue weighted by Crippen LogP contribution is 2.25. The third kappa shape index (κ3) is 4.48. The smallest absolute Gasteiger partial charge is 0.337 e. The maximum Gasteiger partial charge on any atom is 0.337 e. The number of nitrogens with one attached hydrogen (secondary N) is 2. The van der Waals surface area contributed by atoms with Crippen LogP contribution in [0.5, 0.6) is 0 Å². The first-order valence-corrected chi connectivity index (χ1v) is 7.42. The van der Waals surface area contributed by atoms with Gasteiger partial charge in [0.15, 0.2) is 0 Å². The van der Waals surface area contributed by atoms with Gasteiger partial charge in [-0.2, -0.15) is 0 Å². The fraction of sp³-hybridized carbons (Fsp3) is 0.500. The van der Waals surface area contributed by atoms with Gasteiger partial charge in [-0.1, -0.05) is 12.1 Å². The van der Waals surface area contributed by atoms with E-state index in [2.05, 4.69) is 15.4 Å². The molecule has 1 aliphatic heterocycles. The summed E-state index contributed by atoms with van der Waals surface area (Å²) < 4.78 is 30.8. The van der Waals surface area contributed by atoms with E-state index in [1.165, 1.54) is 7.11 Å². The Labute approximate surface area is 133 Å². The molecule has 7 heteroatoms. The summed E-state index contributed by atoms with van der Waals surface area (Å²) >= 11 is 0. The Morgan fingerprint density at radius 1 is 1.35 bits per heavy atom. The molecule has 0 bridgehead atoms. The molecule has 0 aromatic heterocycles. The zero-order chi connectivity index (χ0) is 17.0. The van der Waals surface area contributed by atoms with Crippen LogP contribution in [0.3, 0.4) is 0 Å². The largest absolute Gasteiger partial charge is 0.465 e. The van der Waals surface area contributed by atoms with Gasteiger partial charge in [-0.3, -0.25) is 4.79 Å². The average Bonchev–Trinajstić information content (AvgIpc) is 2.54. The molecule has 1 aromatic carbocycles. The van der Waals surface area contributed by atoms with Crippen molar-refractivity contribution < 1.29 is 23.1 Å². The lowest BCUT2D eigenvalue weighted by atomic mass is 10.0. The maximum atomic E-state index is 13.1. The lowest BCUT2D eigenvalue weighted by Gasteiger charge is -2.29. The third-order valence-corrected chi connectivity index (χ3v) is 3.91. The van der Waals surface area contributed by atoms with Crippen LogP contribution in [0.1, 0.15) is 41.7 Å². The molecule has 1 heterocycles. The van der Waals surface area contributed by atoms with Gasteiger partial charge in [0.1, 0.15) is 0 Å². The van der Waals surface area contributed by atoms with Crippen molar-refractivity contribution in [1.29, 1.82) is 0 Å². The highest BCUT2D eigenvalue weighted by Gasteiger charge is 2.37. The molecule has 0 radical (unpaired) electrons. The molecule has 2 atom stereocenters. The second kappa shape index (κ2) is 7.04. The first kappa shape index (κ1) is 17.3. The lowest BCUT2D eigenvalue weighted by molar-refractivity contribution is -0.126. The van der Waals surface area contributed by atoms with Crippen LogP contribution in [0.15, 0.2) is 24.3 Å². The highest BCUT2D eigenvalue weighted by molar-refractivity contribution is 5.89. The number of amides is 1. The van der Waals surface area contributed by atoms with E-state index in [4.69, 9.17) is 0 Å². The molecular formula is C16H20F2N2O3. The Morgan fingerprint density at radius 2 is 2.00 bits per heavy atom. The van der Waals surface area contributed by atoms with Crippen LogP contribution in [-0.2, 0) is 9.53 Å². The number of carbonyl (C=O) groups is 2. The van der Waals surface area contributed by atoms with Crippen LogP contribution in [0.4, 0.5) is 8.78 Å². The number of ether oxygens (including phenoxy) is 1. The molecule has 2 N–H and O–H groups in total. The summed E-state index contributed by atoms with van der Waals surface area (Å²) in [4.78, 5) is 23.5. The van der Waals surface area contributed by atoms with Gasteiger partial charge >= 0.3 is 5.97 Å². The molecule has 1 aliphatic rings. The predicted octanol–water partition coefficient (Wildman–Crippen LogP) is 2.04. The number of hydrogen-bond acceptors (Lipinski definition) is 4. The monoisotopic (exact) mass is 326 g/mol. The van der Waals surface area contributed by atoms with Crippen molar-refractivity contribution in [3.63, 3.8) is 0 Å². The summed E-state index contributed by atoms with van der Waals surface area (Å²) in [6.07, 6.45) is -0.187. The number of rotatable bonds is 4. The molecule has 1 amide bonds. The number of piperidine rings is 1. The SMILES string of the molecule is COC(=O)c1ccc([C@H](C)NC(=O)[C@H]2CCC(F)(F)CN2)cc1. The summed E-state index contributed by atoms with van der Waals surface area (Å²) in [5, 5.41) is 5.37. The summed E-state index contributed by atoms with van der Waals surface area (Å²) in [5.41, 5.74) is 1.23. The topological polar surface area (TPSA) is 67.4 Å². The van der Waals surface area contributed by atoms with E-state index in [1.807, 2.05) is 0 Å². The van der Waals surface area contributed by atoms with Gasteiger partial charge in [0.2, 0.25) is 5.91 Å². The maximum absolute atomic E-state index is 13.1. The van der Waals surface area contributed by atoms with Gasteiger partial charge in [-0.25, -0.2) is 13.6 Å². The van der Waals surface area contributed by atoms with E-state index in [-0.39, 0.29) is 24.8 Å². The zero-order valence-electron chi connectivity index (χ0n) is 13.1. The van der Waals surface area contributed by atoms with Gasteiger partial charge in [0.05, 0.1) is 31.3 Å². The Balaban J connectivity index is 1.92. The number of esters is 1. The van der Waals surface area contributed by atoms with Gasteiger partial charge in [0.25, 0.3) is 5.92 Å². The quantitative estimate of drug-likeness (QED) is 0.831. The third-order valence-electron chi connectivity index (χ3n) is 3.91. The van der Waals surface area contributed by atoms with Crippen molar-refractivity contribution in [1.82, 2.24) is 10.6 Å². The number of carbonyl (C=O) groups excluding carboxylic acids is 2. The second-order valence-electron chi connectivity index (χ2n) is 5.67. The molecule has 1 saturated heterocycles. The van der Waals surface area contributed by atoms with Crippen LogP contribution < -0.4 is 10.6 Å². The Hall–Kier alpha value is -2.02. The second-order valence-corrected chi connectivity index (χ2v) is 5.67. The van der Waals surface area contributed by atoms with Gasteiger partial charge in [-0.15, -0.1) is 0 Å². The first-order chi connectivity index (χ1) is 10.8. The molecule has 2 rings (SSSR count). The minimum atomic E-state index is -2.74. The van der Waals surface area contributed by atoms with E-state index in [0.717, 1.165) is 5.56 Å². The predicted molar refractivity (Wildman–Crippen MR) is 80.3 cm³/mol. The molecule has 1 aromatic rings. The summed E-state index contributed by atoms with van der Waals surface area (Å²) in [5.74, 6) is -3.47. The number of alkyl halides is 2. The van der Waals surface area contributed by atoms with Crippen LogP contribution in [0, 0.1) is 0 Å². The molecule has 23 heavy (non-hydrogen) atoms. The van der Waals surface area contributed by atoms with E-state index >= 15 is 0 Å². The molecule has 0 spiro atoms. The number of halogens is 2. The van der Waals surface area contributed by atoms with Crippen molar-refractivity contribution in [2.75, 3.05) is 13.7 Å². The first-order valence-electron chi connectivity index (χ1n) is 7.42. The number of benzene rings is 1. The molecule has 126 valence electrons. The molecular weight excluding hydrogens is 306 g/mol. The van der Waals surface area contributed by atoms with Crippen LogP contribution in [0.2, 0.25) is 0 Å². The highest BCUT2D eigenvalue weighted by atomic mass is 19.3. The zero-order valence-corrected chi connectivity index (χ0v) is 13.1. The normalized spacial score (nSPS) is 21.3. The van der Waals surface area contributed by atoms with Crippen LogP contribution in [0.25, 0.3) is 0 Å². The van der Waals surface area contributed by atoms with Gasteiger partial charge in [-0.05, 0) is 31.0 Å². The van der Waals surface area contributed by atoms with Crippen molar-refractivity contribution in [2.24, 2.45) is 0 Å². The van der Waals surface area contributed by atoms with E-state index in [1.54, 1.807) is 31.2 Å². The minimum absolute atomic E-state index is 0.104. The van der Waals surface area contributed by atoms with E-state index in [9.17, 15) is 18.4 Å². The average molecular weight is 326 g/mol. The standard InChI is InChI=1S/C16H20F2N2O3/c1-10(11-3-5-12(6-4-11)15(22)23-2)20-14(21)13-7-8-16(17,18)9-19-13/h3-6,10,13,19H,7-9H2,1-2H3,(H,20,21)/t10-,13+/m0/s1. The molecule has 5 nitrogen and oxygen atoms in total. The van der Waals surface area contributed by atoms with Crippen molar-refractivity contribution in [2.45, 2.75) is 37.8 Å². The van der Waals surface area contributed by atoms with Crippen molar-refractivity contribution in [3.05, 3.63) is 35.4 Å². The van der Waals surface area contributed by atoms with Crippen LogP contribution >= 0.6 is 0 Å². The summed E-state index contributed by atoms with van der Waals surface area (Å²) in [6.45, 7) is 1.32. The lowest BCUT2D eigenvalue weighted by Crippen LogP contribution is -2.52. The van der Waals surface area contributed by atoms with E-state index in [0.29, 0.717) is 5.56 Å². The van der Waals surface area contributed by atoms with Crippen molar-refractivity contribution >= 4 is 11.9 Å². The number of methoxy groups -OCH3 is 1. The molecule has 1 fully saturated rings. The fourth-order valence-corrected chi connectivity index (χ4v) is 2.47. The molecule has 0 unspecified atom stereocenters. The number of hydrogen-bond donors (Lipinski definition) is 2. The minimum Gasteiger partial charge on any atom is -0.465 e. The molecule has 0 aliphatic carbocycles. The fourth-order valence-electron chi connectivity index (χ4n) is 2.47. The van der Waals surface area contributed by atoms with E-state index < -0.39 is 24.5 Å². The Bertz CT molecular complexity index is 565. The summed E-state index contributed by atoms with van der Waals surface area (Å²) in [6, 6.07) is 5.77. The van der Waals surface area contributed by atoms with Crippen molar-refractivity contribution in [3.8, 4) is 0 Å². The Morgan fingerprint density at radius 3 is 2.52 bits per heavy atom. The van der Waals surface area contributed by atoms with Crippen LogP contribution in [-0.4, -0.2) is 37.5 Å². The van der Waals surface area contributed by atoms with Gasteiger partial charge in [0, 0.05) is 6.42 Å². The summed E-state index contributed by atoms with van der Waals surface area (Å²) in [7, 11) is 1.31. The van der Waals surface area contributed by atoms with Gasteiger partial charge < -0.3 is 15.4 Å².